The number of carbonyl (C=O) groups is 2. The van der Waals surface area contributed by atoms with Crippen molar-refractivity contribution >= 4 is 28.9 Å². The van der Waals surface area contributed by atoms with Crippen LogP contribution < -0.4 is 10.1 Å². The molecule has 1 aromatic carbocycles. The van der Waals surface area contributed by atoms with Gasteiger partial charge in [0.2, 0.25) is 5.91 Å². The number of nitro groups is 2. The second-order valence-electron chi connectivity index (χ2n) is 4.19. The standard InChI is InChI=1S/C12H13N3O8/c1-22-11(17)4-3-10(16)13-7-5-8(14(18)19)12(23-2)9(6-7)15(20)21/h5-6H,3-4H2,1-2H3,(H,13,16). The predicted octanol–water partition coefficient (Wildman–Crippen LogP) is 1.40. The molecule has 0 aromatic heterocycles. The Balaban J connectivity index is 3.08. The summed E-state index contributed by atoms with van der Waals surface area (Å²) in [6.45, 7) is 0. The predicted molar refractivity (Wildman–Crippen MR) is 76.2 cm³/mol. The van der Waals surface area contributed by atoms with Crippen molar-refractivity contribution in [3.8, 4) is 5.75 Å². The summed E-state index contributed by atoms with van der Waals surface area (Å²) in [7, 11) is 2.22. The minimum Gasteiger partial charge on any atom is -0.485 e. The van der Waals surface area contributed by atoms with Gasteiger partial charge in [0.1, 0.15) is 0 Å². The van der Waals surface area contributed by atoms with E-state index in [2.05, 4.69) is 10.1 Å². The number of hydrogen-bond donors (Lipinski definition) is 1. The van der Waals surface area contributed by atoms with E-state index in [-0.39, 0.29) is 18.5 Å². The van der Waals surface area contributed by atoms with Crippen LogP contribution in [0.5, 0.6) is 5.75 Å². The zero-order chi connectivity index (χ0) is 17.6. The number of ether oxygens (including phenoxy) is 2. The summed E-state index contributed by atoms with van der Waals surface area (Å²) in [5, 5.41) is 24.2. The molecule has 1 rings (SSSR count). The highest BCUT2D eigenvalue weighted by atomic mass is 16.6. The Morgan fingerprint density at radius 2 is 1.61 bits per heavy atom. The number of anilines is 1. The van der Waals surface area contributed by atoms with Gasteiger partial charge >= 0.3 is 17.3 Å². The van der Waals surface area contributed by atoms with E-state index in [0.717, 1.165) is 26.4 Å². The van der Waals surface area contributed by atoms with Crippen molar-refractivity contribution in [3.63, 3.8) is 0 Å². The molecule has 0 aliphatic rings. The lowest BCUT2D eigenvalue weighted by molar-refractivity contribution is -0.395. The molecule has 0 bridgehead atoms. The van der Waals surface area contributed by atoms with Crippen LogP contribution in [-0.2, 0) is 14.3 Å². The molecule has 1 amide bonds. The van der Waals surface area contributed by atoms with Crippen LogP contribution in [0.3, 0.4) is 0 Å². The Hall–Kier alpha value is -3.24. The number of amides is 1. The fraction of sp³-hybridized carbons (Fsp3) is 0.333. The minimum atomic E-state index is -0.865. The quantitative estimate of drug-likeness (QED) is 0.448. The Bertz CT molecular complexity index is 623. The molecule has 0 spiro atoms. The van der Waals surface area contributed by atoms with Gasteiger partial charge in [-0.25, -0.2) is 0 Å². The van der Waals surface area contributed by atoms with Crippen LogP contribution in [0.1, 0.15) is 12.8 Å². The van der Waals surface area contributed by atoms with Crippen LogP contribution >= 0.6 is 0 Å². The Morgan fingerprint density at radius 3 is 2.00 bits per heavy atom. The van der Waals surface area contributed by atoms with Gasteiger partial charge in [-0.05, 0) is 0 Å². The summed E-state index contributed by atoms with van der Waals surface area (Å²) >= 11 is 0. The maximum absolute atomic E-state index is 11.7. The number of hydrogen-bond acceptors (Lipinski definition) is 8. The van der Waals surface area contributed by atoms with Crippen LogP contribution in [0.25, 0.3) is 0 Å². The molecule has 0 aliphatic carbocycles. The summed E-state index contributed by atoms with van der Waals surface area (Å²) in [6.07, 6.45) is -0.428. The highest BCUT2D eigenvalue weighted by Crippen LogP contribution is 2.39. The lowest BCUT2D eigenvalue weighted by Gasteiger charge is -2.08. The third kappa shape index (κ3) is 4.62. The number of nitro benzene ring substituents is 2. The molecule has 0 saturated heterocycles. The molecule has 0 saturated carbocycles. The highest BCUT2D eigenvalue weighted by molar-refractivity contribution is 5.93. The number of carbonyl (C=O) groups excluding carboxylic acids is 2. The van der Waals surface area contributed by atoms with Crippen molar-refractivity contribution in [1.82, 2.24) is 0 Å². The molecule has 0 atom stereocenters. The zero-order valence-corrected chi connectivity index (χ0v) is 12.2. The molecule has 11 heteroatoms. The van der Waals surface area contributed by atoms with Gasteiger partial charge < -0.3 is 14.8 Å². The van der Waals surface area contributed by atoms with Crippen LogP contribution in [0, 0.1) is 20.2 Å². The fourth-order valence-corrected chi connectivity index (χ4v) is 1.69. The van der Waals surface area contributed by atoms with Crippen molar-refractivity contribution in [3.05, 3.63) is 32.4 Å². The van der Waals surface area contributed by atoms with Crippen LogP contribution in [0.15, 0.2) is 12.1 Å². The first kappa shape index (κ1) is 17.8. The summed E-state index contributed by atoms with van der Waals surface area (Å²) in [5.41, 5.74) is -1.48. The lowest BCUT2D eigenvalue weighted by Crippen LogP contribution is -2.14. The van der Waals surface area contributed by atoms with E-state index in [1.165, 1.54) is 0 Å². The van der Waals surface area contributed by atoms with Gasteiger partial charge in [-0.3, -0.25) is 29.8 Å². The van der Waals surface area contributed by atoms with E-state index < -0.39 is 38.8 Å². The van der Waals surface area contributed by atoms with Gasteiger partial charge in [0.25, 0.3) is 5.75 Å². The number of esters is 1. The number of nitrogens with zero attached hydrogens (tertiary/aromatic N) is 2. The topological polar surface area (TPSA) is 151 Å². The van der Waals surface area contributed by atoms with Crippen molar-refractivity contribution < 1.29 is 28.9 Å². The average Bonchev–Trinajstić information content (AvgIpc) is 2.51. The van der Waals surface area contributed by atoms with Crippen LogP contribution in [0.2, 0.25) is 0 Å². The number of rotatable bonds is 7. The molecule has 11 nitrogen and oxygen atoms in total. The third-order valence-electron chi connectivity index (χ3n) is 2.71. The first-order chi connectivity index (χ1) is 10.8. The molecule has 23 heavy (non-hydrogen) atoms. The first-order valence-corrected chi connectivity index (χ1v) is 6.17. The molecule has 124 valence electrons. The smallest absolute Gasteiger partial charge is 0.320 e. The van der Waals surface area contributed by atoms with Gasteiger partial charge in [0, 0.05) is 18.6 Å². The number of nitrogens with one attached hydrogen (secondary N) is 1. The van der Waals surface area contributed by atoms with Gasteiger partial charge in [0.05, 0.1) is 36.2 Å². The summed E-state index contributed by atoms with van der Waals surface area (Å²) in [5.74, 6) is -1.77. The first-order valence-electron chi connectivity index (χ1n) is 6.17. The molecule has 0 heterocycles. The van der Waals surface area contributed by atoms with E-state index in [9.17, 15) is 29.8 Å². The molecule has 1 aromatic rings. The second-order valence-corrected chi connectivity index (χ2v) is 4.19. The monoisotopic (exact) mass is 327 g/mol. The molecule has 0 radical (unpaired) electrons. The van der Waals surface area contributed by atoms with Gasteiger partial charge in [-0.2, -0.15) is 0 Å². The van der Waals surface area contributed by atoms with Crippen molar-refractivity contribution in [2.75, 3.05) is 19.5 Å². The lowest BCUT2D eigenvalue weighted by atomic mass is 10.2. The third-order valence-corrected chi connectivity index (χ3v) is 2.71. The average molecular weight is 327 g/mol. The van der Waals surface area contributed by atoms with Crippen LogP contribution in [0.4, 0.5) is 17.1 Å². The number of benzene rings is 1. The normalized spacial score (nSPS) is 9.83. The van der Waals surface area contributed by atoms with E-state index in [1.54, 1.807) is 0 Å². The molecule has 0 aliphatic heterocycles. The van der Waals surface area contributed by atoms with E-state index in [0.29, 0.717) is 0 Å². The number of methoxy groups -OCH3 is 2. The van der Waals surface area contributed by atoms with Crippen molar-refractivity contribution in [2.24, 2.45) is 0 Å². The molecular weight excluding hydrogens is 314 g/mol. The minimum absolute atomic E-state index is 0.154. The zero-order valence-electron chi connectivity index (χ0n) is 12.2. The highest BCUT2D eigenvalue weighted by Gasteiger charge is 2.28. The van der Waals surface area contributed by atoms with E-state index in [4.69, 9.17) is 4.74 Å². The van der Waals surface area contributed by atoms with Gasteiger partial charge in [0.15, 0.2) is 0 Å². The summed E-state index contributed by atoms with van der Waals surface area (Å²) in [4.78, 5) is 42.8. The van der Waals surface area contributed by atoms with Gasteiger partial charge in [-0.1, -0.05) is 0 Å². The van der Waals surface area contributed by atoms with Crippen molar-refractivity contribution in [2.45, 2.75) is 12.8 Å². The maximum atomic E-state index is 11.7. The molecule has 0 fully saturated rings. The largest absolute Gasteiger partial charge is 0.485 e. The molecule has 1 N–H and O–H groups in total. The Kier molecular flexibility index (Phi) is 5.95. The van der Waals surface area contributed by atoms with E-state index >= 15 is 0 Å². The maximum Gasteiger partial charge on any atom is 0.320 e. The fourth-order valence-electron chi connectivity index (χ4n) is 1.69. The molecular formula is C12H13N3O8. The van der Waals surface area contributed by atoms with Gasteiger partial charge in [-0.15, -0.1) is 0 Å². The SMILES string of the molecule is COC(=O)CCC(=O)Nc1cc([N+](=O)[O-])c(OC)c([N+](=O)[O-])c1. The summed E-state index contributed by atoms with van der Waals surface area (Å²) < 4.78 is 9.06. The van der Waals surface area contributed by atoms with Crippen LogP contribution in [-0.4, -0.2) is 35.9 Å². The van der Waals surface area contributed by atoms with Crippen molar-refractivity contribution in [1.29, 1.82) is 0 Å². The van der Waals surface area contributed by atoms with E-state index in [1.807, 2.05) is 0 Å². The summed E-state index contributed by atoms with van der Waals surface area (Å²) in [6, 6.07) is 1.86. The molecule has 0 unspecified atom stereocenters. The second kappa shape index (κ2) is 7.68. The Labute approximate surface area is 129 Å². The Morgan fingerprint density at radius 1 is 1.09 bits per heavy atom.